The molecule has 0 fully saturated rings. The van der Waals surface area contributed by atoms with Crippen molar-refractivity contribution < 1.29 is 4.79 Å². The Labute approximate surface area is 119 Å². The van der Waals surface area contributed by atoms with Crippen LogP contribution in [0.15, 0.2) is 65.6 Å². The summed E-state index contributed by atoms with van der Waals surface area (Å²) in [7, 11) is 0. The monoisotopic (exact) mass is 270 g/mol. The standard InChI is InChI=1S/C17H18OS/c1-2-16(14-9-5-3-6-10-14)17(18)13-19-15-11-7-4-8-12-15/h3-12,16H,2,13H2,1H3. The van der Waals surface area contributed by atoms with Gasteiger partial charge in [-0.05, 0) is 24.1 Å². The van der Waals surface area contributed by atoms with Crippen molar-refractivity contribution in [1.29, 1.82) is 0 Å². The molecule has 0 aliphatic carbocycles. The van der Waals surface area contributed by atoms with Gasteiger partial charge in [-0.1, -0.05) is 55.5 Å². The highest BCUT2D eigenvalue weighted by Crippen LogP contribution is 2.24. The normalized spacial score (nSPS) is 12.1. The van der Waals surface area contributed by atoms with E-state index >= 15 is 0 Å². The molecule has 0 bridgehead atoms. The van der Waals surface area contributed by atoms with Gasteiger partial charge in [0.25, 0.3) is 0 Å². The Morgan fingerprint density at radius 1 is 1.00 bits per heavy atom. The molecule has 1 unspecified atom stereocenters. The van der Waals surface area contributed by atoms with E-state index in [2.05, 4.69) is 6.92 Å². The Morgan fingerprint density at radius 3 is 2.16 bits per heavy atom. The third kappa shape index (κ3) is 3.97. The Morgan fingerprint density at radius 2 is 1.58 bits per heavy atom. The molecule has 0 aromatic heterocycles. The van der Waals surface area contributed by atoms with Gasteiger partial charge < -0.3 is 0 Å². The van der Waals surface area contributed by atoms with E-state index < -0.39 is 0 Å². The Hall–Kier alpha value is -1.54. The van der Waals surface area contributed by atoms with Crippen molar-refractivity contribution in [3.05, 3.63) is 66.2 Å². The van der Waals surface area contributed by atoms with E-state index in [0.29, 0.717) is 11.5 Å². The quantitative estimate of drug-likeness (QED) is 0.717. The second-order valence-corrected chi connectivity index (χ2v) is 5.49. The Balaban J connectivity index is 1.98. The molecule has 0 amide bonds. The lowest BCUT2D eigenvalue weighted by Gasteiger charge is -2.13. The molecule has 98 valence electrons. The lowest BCUT2D eigenvalue weighted by molar-refractivity contribution is -0.118. The summed E-state index contributed by atoms with van der Waals surface area (Å²) in [5.41, 5.74) is 1.13. The van der Waals surface area contributed by atoms with Gasteiger partial charge in [0.15, 0.2) is 5.78 Å². The summed E-state index contributed by atoms with van der Waals surface area (Å²) in [5.74, 6) is 0.872. The van der Waals surface area contributed by atoms with Crippen molar-refractivity contribution in [2.24, 2.45) is 0 Å². The van der Waals surface area contributed by atoms with Gasteiger partial charge in [0, 0.05) is 10.8 Å². The van der Waals surface area contributed by atoms with Crippen molar-refractivity contribution >= 4 is 17.5 Å². The molecule has 19 heavy (non-hydrogen) atoms. The molecule has 2 heteroatoms. The fourth-order valence-corrected chi connectivity index (χ4v) is 2.97. The fraction of sp³-hybridized carbons (Fsp3) is 0.235. The molecule has 1 atom stereocenters. The van der Waals surface area contributed by atoms with Crippen LogP contribution in [0.2, 0.25) is 0 Å². The zero-order chi connectivity index (χ0) is 13.5. The van der Waals surface area contributed by atoms with Crippen molar-refractivity contribution in [2.45, 2.75) is 24.2 Å². The molecule has 2 aromatic carbocycles. The summed E-state index contributed by atoms with van der Waals surface area (Å²) in [6.07, 6.45) is 0.859. The molecule has 0 radical (unpaired) electrons. The second kappa shape index (κ2) is 7.15. The van der Waals surface area contributed by atoms with Crippen LogP contribution in [-0.2, 0) is 4.79 Å². The zero-order valence-electron chi connectivity index (χ0n) is 11.1. The van der Waals surface area contributed by atoms with Gasteiger partial charge in [-0.3, -0.25) is 4.79 Å². The summed E-state index contributed by atoms with van der Waals surface area (Å²) < 4.78 is 0. The maximum atomic E-state index is 12.3. The van der Waals surface area contributed by atoms with E-state index in [1.807, 2.05) is 60.7 Å². The number of Topliss-reactive ketones (excluding diaryl/α,β-unsaturated/α-hetero) is 1. The van der Waals surface area contributed by atoms with E-state index in [1.54, 1.807) is 11.8 Å². The lowest BCUT2D eigenvalue weighted by Crippen LogP contribution is -2.14. The van der Waals surface area contributed by atoms with Crippen LogP contribution < -0.4 is 0 Å². The van der Waals surface area contributed by atoms with E-state index in [1.165, 1.54) is 0 Å². The summed E-state index contributed by atoms with van der Waals surface area (Å²) in [4.78, 5) is 13.5. The first-order chi connectivity index (χ1) is 9.31. The number of hydrogen-bond acceptors (Lipinski definition) is 2. The van der Waals surface area contributed by atoms with Crippen LogP contribution in [0.1, 0.15) is 24.8 Å². The van der Waals surface area contributed by atoms with Crippen LogP contribution in [0.25, 0.3) is 0 Å². The van der Waals surface area contributed by atoms with Gasteiger partial charge in [-0.25, -0.2) is 0 Å². The van der Waals surface area contributed by atoms with E-state index in [4.69, 9.17) is 0 Å². The number of benzene rings is 2. The molecule has 0 aliphatic heterocycles. The van der Waals surface area contributed by atoms with E-state index in [-0.39, 0.29) is 5.92 Å². The smallest absolute Gasteiger partial charge is 0.150 e. The summed E-state index contributed by atoms with van der Waals surface area (Å²) in [6, 6.07) is 20.1. The molecule has 0 saturated heterocycles. The van der Waals surface area contributed by atoms with Crippen LogP contribution in [0.4, 0.5) is 0 Å². The number of hydrogen-bond donors (Lipinski definition) is 0. The summed E-state index contributed by atoms with van der Waals surface area (Å²) >= 11 is 1.62. The highest BCUT2D eigenvalue weighted by atomic mass is 32.2. The van der Waals surface area contributed by atoms with Gasteiger partial charge >= 0.3 is 0 Å². The van der Waals surface area contributed by atoms with Crippen LogP contribution in [0, 0.1) is 0 Å². The Bertz CT molecular complexity index is 507. The SMILES string of the molecule is CCC(C(=O)CSc1ccccc1)c1ccccc1. The summed E-state index contributed by atoms with van der Waals surface area (Å²) in [6.45, 7) is 2.07. The van der Waals surface area contributed by atoms with Crippen LogP contribution in [0.5, 0.6) is 0 Å². The van der Waals surface area contributed by atoms with Crippen molar-refractivity contribution in [3.63, 3.8) is 0 Å². The average Bonchev–Trinajstić information content (AvgIpc) is 2.48. The van der Waals surface area contributed by atoms with Crippen LogP contribution >= 0.6 is 11.8 Å². The molecule has 0 spiro atoms. The number of ketones is 1. The second-order valence-electron chi connectivity index (χ2n) is 4.44. The van der Waals surface area contributed by atoms with E-state index in [0.717, 1.165) is 16.9 Å². The minimum absolute atomic E-state index is 0.0254. The average molecular weight is 270 g/mol. The van der Waals surface area contributed by atoms with Gasteiger partial charge in [0.1, 0.15) is 0 Å². The van der Waals surface area contributed by atoms with Crippen molar-refractivity contribution in [1.82, 2.24) is 0 Å². The molecule has 2 rings (SSSR count). The number of carbonyl (C=O) groups is 1. The maximum absolute atomic E-state index is 12.3. The summed E-state index contributed by atoms with van der Waals surface area (Å²) in [5, 5.41) is 0. The van der Waals surface area contributed by atoms with Crippen LogP contribution in [-0.4, -0.2) is 11.5 Å². The first-order valence-electron chi connectivity index (χ1n) is 6.56. The zero-order valence-corrected chi connectivity index (χ0v) is 11.9. The predicted molar refractivity (Wildman–Crippen MR) is 81.6 cm³/mol. The molecule has 0 N–H and O–H groups in total. The lowest BCUT2D eigenvalue weighted by atomic mass is 9.93. The molecule has 0 heterocycles. The third-order valence-corrected chi connectivity index (χ3v) is 4.16. The third-order valence-electron chi connectivity index (χ3n) is 3.12. The van der Waals surface area contributed by atoms with Crippen molar-refractivity contribution in [2.75, 3.05) is 5.75 Å². The first-order valence-corrected chi connectivity index (χ1v) is 7.55. The molecular weight excluding hydrogens is 252 g/mol. The largest absolute Gasteiger partial charge is 0.298 e. The number of carbonyl (C=O) groups excluding carboxylic acids is 1. The fourth-order valence-electron chi connectivity index (χ4n) is 2.11. The van der Waals surface area contributed by atoms with E-state index in [9.17, 15) is 4.79 Å². The topological polar surface area (TPSA) is 17.1 Å². The maximum Gasteiger partial charge on any atom is 0.150 e. The minimum Gasteiger partial charge on any atom is -0.298 e. The number of thioether (sulfide) groups is 1. The molecule has 0 aliphatic rings. The Kier molecular flexibility index (Phi) is 5.22. The molecule has 0 saturated carbocycles. The predicted octanol–water partition coefficient (Wildman–Crippen LogP) is 4.54. The van der Waals surface area contributed by atoms with Gasteiger partial charge in [-0.2, -0.15) is 0 Å². The number of rotatable bonds is 6. The highest BCUT2D eigenvalue weighted by Gasteiger charge is 2.18. The van der Waals surface area contributed by atoms with Gasteiger partial charge in [0.2, 0.25) is 0 Å². The van der Waals surface area contributed by atoms with Gasteiger partial charge in [0.05, 0.1) is 5.75 Å². The molecule has 1 nitrogen and oxygen atoms in total. The first kappa shape index (κ1) is 13.9. The molecular formula is C17H18OS. The minimum atomic E-state index is 0.0254. The van der Waals surface area contributed by atoms with Crippen LogP contribution in [0.3, 0.4) is 0 Å². The van der Waals surface area contributed by atoms with Crippen molar-refractivity contribution in [3.8, 4) is 0 Å². The molecule has 2 aromatic rings. The van der Waals surface area contributed by atoms with Gasteiger partial charge in [-0.15, -0.1) is 11.8 Å². The highest BCUT2D eigenvalue weighted by molar-refractivity contribution is 8.00.